The Morgan fingerprint density at radius 1 is 1.31 bits per heavy atom. The van der Waals surface area contributed by atoms with E-state index in [4.69, 9.17) is 4.74 Å². The SMILES string of the molecule is COc1c[nH]c(C(=O)Nc2ccc3c(c2)CN(C2CCC(=O)NC2=O)C3=O)c1Br. The summed E-state index contributed by atoms with van der Waals surface area (Å²) in [6.07, 6.45) is 2.07. The number of imide groups is 1. The lowest BCUT2D eigenvalue weighted by Gasteiger charge is -2.29. The van der Waals surface area contributed by atoms with E-state index in [1.54, 1.807) is 24.4 Å². The highest BCUT2D eigenvalue weighted by molar-refractivity contribution is 9.10. The summed E-state index contributed by atoms with van der Waals surface area (Å²) in [6, 6.07) is 4.30. The number of hydrogen-bond acceptors (Lipinski definition) is 5. The van der Waals surface area contributed by atoms with Crippen LogP contribution in [0.5, 0.6) is 5.75 Å². The van der Waals surface area contributed by atoms with E-state index in [0.29, 0.717) is 39.2 Å². The summed E-state index contributed by atoms with van der Waals surface area (Å²) in [5.41, 5.74) is 2.02. The number of amides is 4. The van der Waals surface area contributed by atoms with Gasteiger partial charge in [-0.25, -0.2) is 0 Å². The van der Waals surface area contributed by atoms with E-state index in [1.807, 2.05) is 0 Å². The highest BCUT2D eigenvalue weighted by Crippen LogP contribution is 2.31. The third-order valence-electron chi connectivity index (χ3n) is 5.01. The third kappa shape index (κ3) is 3.39. The van der Waals surface area contributed by atoms with Crippen molar-refractivity contribution in [2.75, 3.05) is 12.4 Å². The molecule has 29 heavy (non-hydrogen) atoms. The monoisotopic (exact) mass is 460 g/mol. The van der Waals surface area contributed by atoms with Gasteiger partial charge in [0.2, 0.25) is 11.8 Å². The fraction of sp³-hybridized carbons (Fsp3) is 0.263. The molecule has 10 heteroatoms. The van der Waals surface area contributed by atoms with Crippen molar-refractivity contribution < 1.29 is 23.9 Å². The summed E-state index contributed by atoms with van der Waals surface area (Å²) in [5, 5.41) is 5.05. The van der Waals surface area contributed by atoms with Crippen LogP contribution in [0.2, 0.25) is 0 Å². The first-order valence-corrected chi connectivity index (χ1v) is 9.68. The van der Waals surface area contributed by atoms with Crippen molar-refractivity contribution in [1.29, 1.82) is 0 Å². The zero-order chi connectivity index (χ0) is 20.7. The van der Waals surface area contributed by atoms with Crippen molar-refractivity contribution >= 4 is 45.2 Å². The fourth-order valence-corrected chi connectivity index (χ4v) is 4.12. The zero-order valence-electron chi connectivity index (χ0n) is 15.4. The molecule has 1 fully saturated rings. The van der Waals surface area contributed by atoms with Crippen LogP contribution in [-0.4, -0.2) is 46.7 Å². The second-order valence-corrected chi connectivity index (χ2v) is 7.57. The van der Waals surface area contributed by atoms with Gasteiger partial charge in [-0.3, -0.25) is 24.5 Å². The summed E-state index contributed by atoms with van der Waals surface area (Å²) in [5.74, 6) is -0.903. The summed E-state index contributed by atoms with van der Waals surface area (Å²) in [7, 11) is 1.50. The smallest absolute Gasteiger partial charge is 0.273 e. The number of aromatic amines is 1. The van der Waals surface area contributed by atoms with Crippen LogP contribution in [0.1, 0.15) is 39.3 Å². The first-order chi connectivity index (χ1) is 13.9. The Bertz CT molecular complexity index is 1050. The molecule has 9 nitrogen and oxygen atoms in total. The number of halogens is 1. The molecular formula is C19H17BrN4O5. The summed E-state index contributed by atoms with van der Waals surface area (Å²) in [4.78, 5) is 53.0. The molecule has 0 aliphatic carbocycles. The van der Waals surface area contributed by atoms with Gasteiger partial charge in [0.25, 0.3) is 11.8 Å². The largest absolute Gasteiger partial charge is 0.494 e. The lowest BCUT2D eigenvalue weighted by Crippen LogP contribution is -2.52. The molecule has 2 aromatic rings. The number of carbonyl (C=O) groups excluding carboxylic acids is 4. The number of hydrogen-bond donors (Lipinski definition) is 3. The third-order valence-corrected chi connectivity index (χ3v) is 5.80. The second-order valence-electron chi connectivity index (χ2n) is 6.77. The number of H-pyrrole nitrogens is 1. The number of aromatic nitrogens is 1. The minimum absolute atomic E-state index is 0.201. The molecule has 1 aromatic carbocycles. The predicted octanol–water partition coefficient (Wildman–Crippen LogP) is 1.80. The van der Waals surface area contributed by atoms with Crippen LogP contribution in [0, 0.1) is 0 Å². The van der Waals surface area contributed by atoms with E-state index in [1.165, 1.54) is 12.0 Å². The Morgan fingerprint density at radius 3 is 2.79 bits per heavy atom. The molecule has 0 bridgehead atoms. The van der Waals surface area contributed by atoms with Gasteiger partial charge in [0.1, 0.15) is 11.7 Å². The van der Waals surface area contributed by atoms with E-state index in [2.05, 4.69) is 31.5 Å². The fourth-order valence-electron chi connectivity index (χ4n) is 3.55. The standard InChI is InChI=1S/C19H17BrN4O5/c1-29-13-7-21-16(15(13)20)18(27)22-10-2-3-11-9(6-10)8-24(19(11)28)12-4-5-14(25)23-17(12)26/h2-3,6-7,12,21H,4-5,8H2,1H3,(H,22,27)(H,23,25,26). The molecule has 2 aliphatic rings. The van der Waals surface area contributed by atoms with Crippen LogP contribution in [0.15, 0.2) is 28.9 Å². The maximum atomic E-state index is 12.7. The highest BCUT2D eigenvalue weighted by Gasteiger charge is 2.39. The topological polar surface area (TPSA) is 121 Å². The number of rotatable bonds is 4. The number of fused-ring (bicyclic) bond motifs is 1. The molecule has 0 radical (unpaired) electrons. The van der Waals surface area contributed by atoms with E-state index in [9.17, 15) is 19.2 Å². The lowest BCUT2D eigenvalue weighted by atomic mass is 10.0. The van der Waals surface area contributed by atoms with Crippen LogP contribution in [0.25, 0.3) is 0 Å². The van der Waals surface area contributed by atoms with Crippen LogP contribution in [0.4, 0.5) is 5.69 Å². The van der Waals surface area contributed by atoms with Crippen molar-refractivity contribution in [3.05, 3.63) is 45.7 Å². The maximum absolute atomic E-state index is 12.7. The number of methoxy groups -OCH3 is 1. The number of anilines is 1. The van der Waals surface area contributed by atoms with Crippen molar-refractivity contribution in [1.82, 2.24) is 15.2 Å². The highest BCUT2D eigenvalue weighted by atomic mass is 79.9. The van der Waals surface area contributed by atoms with Crippen molar-refractivity contribution in [2.45, 2.75) is 25.4 Å². The quantitative estimate of drug-likeness (QED) is 0.600. The Hall–Kier alpha value is -3.14. The molecule has 0 spiro atoms. The summed E-state index contributed by atoms with van der Waals surface area (Å²) in [6.45, 7) is 0.240. The van der Waals surface area contributed by atoms with Crippen LogP contribution in [-0.2, 0) is 16.1 Å². The molecule has 4 amide bonds. The van der Waals surface area contributed by atoms with Gasteiger partial charge in [-0.1, -0.05) is 0 Å². The lowest BCUT2D eigenvalue weighted by molar-refractivity contribution is -0.136. The van der Waals surface area contributed by atoms with Crippen LogP contribution < -0.4 is 15.4 Å². The minimum atomic E-state index is -0.673. The molecule has 1 unspecified atom stereocenters. The van der Waals surface area contributed by atoms with E-state index < -0.39 is 11.9 Å². The zero-order valence-corrected chi connectivity index (χ0v) is 17.0. The van der Waals surface area contributed by atoms with Gasteiger partial charge in [-0.05, 0) is 46.1 Å². The van der Waals surface area contributed by atoms with Gasteiger partial charge in [0.15, 0.2) is 5.75 Å². The van der Waals surface area contributed by atoms with Gasteiger partial charge in [-0.15, -0.1) is 0 Å². The molecule has 1 saturated heterocycles. The Balaban J connectivity index is 1.51. The molecule has 0 saturated carbocycles. The van der Waals surface area contributed by atoms with Crippen LogP contribution in [0.3, 0.4) is 0 Å². The van der Waals surface area contributed by atoms with Gasteiger partial charge in [0, 0.05) is 30.4 Å². The molecular weight excluding hydrogens is 444 g/mol. The molecule has 150 valence electrons. The first-order valence-electron chi connectivity index (χ1n) is 8.89. The van der Waals surface area contributed by atoms with Gasteiger partial charge < -0.3 is 19.9 Å². The van der Waals surface area contributed by atoms with Crippen molar-refractivity contribution in [2.24, 2.45) is 0 Å². The van der Waals surface area contributed by atoms with Crippen molar-refractivity contribution in [3.8, 4) is 5.75 Å². The molecule has 1 aromatic heterocycles. The average Bonchev–Trinajstić information content (AvgIpc) is 3.21. The summed E-state index contributed by atoms with van der Waals surface area (Å²) < 4.78 is 5.64. The van der Waals surface area contributed by atoms with Gasteiger partial charge in [0.05, 0.1) is 11.6 Å². The number of carbonyl (C=O) groups is 4. The van der Waals surface area contributed by atoms with Crippen LogP contribution >= 0.6 is 15.9 Å². The normalized spacial score (nSPS) is 18.5. The van der Waals surface area contributed by atoms with Gasteiger partial charge in [-0.2, -0.15) is 0 Å². The summed E-state index contributed by atoms with van der Waals surface area (Å²) >= 11 is 3.31. The molecule has 3 N–H and O–H groups in total. The maximum Gasteiger partial charge on any atom is 0.273 e. The number of nitrogens with zero attached hydrogens (tertiary/aromatic N) is 1. The number of nitrogens with one attached hydrogen (secondary N) is 3. The van der Waals surface area contributed by atoms with Gasteiger partial charge >= 0.3 is 0 Å². The first kappa shape index (κ1) is 19.2. The molecule has 1 atom stereocenters. The molecule has 4 rings (SSSR count). The van der Waals surface area contributed by atoms with E-state index >= 15 is 0 Å². The van der Waals surface area contributed by atoms with E-state index in [0.717, 1.165) is 0 Å². The predicted molar refractivity (Wildman–Crippen MR) is 105 cm³/mol. The number of ether oxygens (including phenoxy) is 1. The minimum Gasteiger partial charge on any atom is -0.494 e. The number of benzene rings is 1. The Morgan fingerprint density at radius 2 is 2.10 bits per heavy atom. The number of piperidine rings is 1. The Labute approximate surface area is 173 Å². The van der Waals surface area contributed by atoms with Crippen molar-refractivity contribution in [3.63, 3.8) is 0 Å². The average molecular weight is 461 g/mol. The van der Waals surface area contributed by atoms with E-state index in [-0.39, 0.29) is 30.7 Å². The second kappa shape index (κ2) is 7.36. The Kier molecular flexibility index (Phi) is 4.87. The molecule has 2 aliphatic heterocycles. The molecule has 3 heterocycles.